The summed E-state index contributed by atoms with van der Waals surface area (Å²) >= 11 is 0. The third-order valence-electron chi connectivity index (χ3n) is 8.50. The predicted molar refractivity (Wildman–Crippen MR) is 113 cm³/mol. The van der Waals surface area contributed by atoms with Gasteiger partial charge in [-0.15, -0.1) is 0 Å². The summed E-state index contributed by atoms with van der Waals surface area (Å²) in [6.07, 6.45) is 14.5. The maximum absolute atomic E-state index is 5.91. The number of nitrogens with zero attached hydrogens (tertiary/aromatic N) is 2. The van der Waals surface area contributed by atoms with Crippen molar-refractivity contribution in [2.45, 2.75) is 102 Å². The van der Waals surface area contributed by atoms with Gasteiger partial charge < -0.3 is 9.64 Å². The van der Waals surface area contributed by atoms with Crippen LogP contribution in [0, 0.1) is 17.8 Å². The number of piperidine rings is 1. The molecule has 0 aromatic heterocycles. The number of hydrogen-bond donors (Lipinski definition) is 0. The minimum Gasteiger partial charge on any atom is -0.372 e. The van der Waals surface area contributed by atoms with Crippen molar-refractivity contribution in [3.8, 4) is 0 Å². The Hall–Kier alpha value is -0.120. The Morgan fingerprint density at radius 1 is 1.04 bits per heavy atom. The van der Waals surface area contributed by atoms with Gasteiger partial charge in [-0.3, -0.25) is 4.90 Å². The SMILES string of the molecule is CC(C)C1CCOC2(C1)CN(C)C2.CCC1CCN(C2CC2)C2(CCC2)C1. The van der Waals surface area contributed by atoms with Crippen LogP contribution in [0.4, 0.5) is 0 Å². The van der Waals surface area contributed by atoms with Crippen molar-refractivity contribution in [3.63, 3.8) is 0 Å². The summed E-state index contributed by atoms with van der Waals surface area (Å²) in [7, 11) is 2.17. The highest BCUT2D eigenvalue weighted by Gasteiger charge is 2.50. The summed E-state index contributed by atoms with van der Waals surface area (Å²) in [6, 6.07) is 1.01. The Morgan fingerprint density at radius 3 is 2.30 bits per heavy atom. The molecule has 0 radical (unpaired) electrons. The van der Waals surface area contributed by atoms with Crippen LogP contribution in [-0.2, 0) is 4.74 Å². The summed E-state index contributed by atoms with van der Waals surface area (Å²) < 4.78 is 5.91. The zero-order chi connectivity index (χ0) is 19.1. The lowest BCUT2D eigenvalue weighted by atomic mass is 9.66. The van der Waals surface area contributed by atoms with Gasteiger partial charge in [-0.1, -0.05) is 27.2 Å². The van der Waals surface area contributed by atoms with Gasteiger partial charge in [0.1, 0.15) is 0 Å². The highest BCUT2D eigenvalue weighted by atomic mass is 16.5. The van der Waals surface area contributed by atoms with Crippen LogP contribution < -0.4 is 0 Å². The van der Waals surface area contributed by atoms with E-state index in [0.717, 1.165) is 43.5 Å². The smallest absolute Gasteiger partial charge is 0.0937 e. The number of hydrogen-bond acceptors (Lipinski definition) is 3. The molecular weight excluding hydrogens is 332 g/mol. The van der Waals surface area contributed by atoms with E-state index in [9.17, 15) is 0 Å². The first-order chi connectivity index (χ1) is 13.0. The molecule has 0 amide bonds. The molecule has 5 fully saturated rings. The molecule has 3 heteroatoms. The normalized spacial score (nSPS) is 35.4. The molecule has 2 unspecified atom stereocenters. The van der Waals surface area contributed by atoms with E-state index in [-0.39, 0.29) is 5.60 Å². The molecule has 5 rings (SSSR count). The van der Waals surface area contributed by atoms with Crippen molar-refractivity contribution < 1.29 is 4.74 Å². The Kier molecular flexibility index (Phi) is 5.94. The van der Waals surface area contributed by atoms with Crippen LogP contribution in [0.25, 0.3) is 0 Å². The van der Waals surface area contributed by atoms with Crippen LogP contribution in [0.15, 0.2) is 0 Å². The van der Waals surface area contributed by atoms with Gasteiger partial charge in [0, 0.05) is 31.3 Å². The summed E-state index contributed by atoms with van der Waals surface area (Å²) in [5.41, 5.74) is 0.960. The second-order valence-corrected chi connectivity index (χ2v) is 11.0. The number of ether oxygens (including phenoxy) is 1. The average molecular weight is 377 g/mol. The molecule has 2 spiro atoms. The second kappa shape index (κ2) is 7.95. The van der Waals surface area contributed by atoms with Crippen molar-refractivity contribution in [1.29, 1.82) is 0 Å². The summed E-state index contributed by atoms with van der Waals surface area (Å²) in [5.74, 6) is 2.76. The molecule has 2 saturated carbocycles. The third kappa shape index (κ3) is 4.26. The van der Waals surface area contributed by atoms with E-state index < -0.39 is 0 Å². The van der Waals surface area contributed by atoms with Crippen LogP contribution in [0.3, 0.4) is 0 Å². The van der Waals surface area contributed by atoms with E-state index >= 15 is 0 Å². The van der Waals surface area contributed by atoms with Gasteiger partial charge in [-0.25, -0.2) is 0 Å². The zero-order valence-corrected chi connectivity index (χ0v) is 18.5. The first-order valence-corrected chi connectivity index (χ1v) is 12.0. The minimum atomic E-state index is 0.252. The van der Waals surface area contributed by atoms with Crippen LogP contribution in [-0.4, -0.2) is 60.3 Å². The highest BCUT2D eigenvalue weighted by Crippen LogP contribution is 2.50. The maximum atomic E-state index is 5.91. The van der Waals surface area contributed by atoms with E-state index in [1.807, 2.05) is 0 Å². The first kappa shape index (κ1) is 20.2. The van der Waals surface area contributed by atoms with E-state index in [0.29, 0.717) is 5.54 Å². The van der Waals surface area contributed by atoms with Crippen molar-refractivity contribution >= 4 is 0 Å². The lowest BCUT2D eigenvalue weighted by Crippen LogP contribution is -2.64. The summed E-state index contributed by atoms with van der Waals surface area (Å²) in [4.78, 5) is 5.26. The second-order valence-electron chi connectivity index (χ2n) is 11.0. The van der Waals surface area contributed by atoms with Crippen LogP contribution >= 0.6 is 0 Å². The average Bonchev–Trinajstić information content (AvgIpc) is 3.44. The summed E-state index contributed by atoms with van der Waals surface area (Å²) in [5, 5.41) is 0. The quantitative estimate of drug-likeness (QED) is 0.693. The maximum Gasteiger partial charge on any atom is 0.0937 e. The molecule has 2 atom stereocenters. The van der Waals surface area contributed by atoms with Crippen molar-refractivity contribution in [3.05, 3.63) is 0 Å². The van der Waals surface area contributed by atoms with Gasteiger partial charge in [0.25, 0.3) is 0 Å². The molecule has 27 heavy (non-hydrogen) atoms. The van der Waals surface area contributed by atoms with Gasteiger partial charge in [-0.2, -0.15) is 0 Å². The zero-order valence-electron chi connectivity index (χ0n) is 18.5. The highest BCUT2D eigenvalue weighted by molar-refractivity contribution is 5.06. The molecule has 0 bridgehead atoms. The van der Waals surface area contributed by atoms with Crippen molar-refractivity contribution in [2.75, 3.05) is 33.3 Å². The molecule has 2 aliphatic carbocycles. The largest absolute Gasteiger partial charge is 0.372 e. The number of likely N-dealkylation sites (N-methyl/N-ethyl adjacent to an activating group) is 1. The van der Waals surface area contributed by atoms with Gasteiger partial charge >= 0.3 is 0 Å². The summed E-state index contributed by atoms with van der Waals surface area (Å²) in [6.45, 7) is 11.8. The van der Waals surface area contributed by atoms with E-state index in [4.69, 9.17) is 4.74 Å². The Bertz CT molecular complexity index is 485. The fourth-order valence-corrected chi connectivity index (χ4v) is 6.49. The van der Waals surface area contributed by atoms with Crippen molar-refractivity contribution in [2.24, 2.45) is 17.8 Å². The third-order valence-corrected chi connectivity index (χ3v) is 8.50. The molecule has 5 aliphatic rings. The minimum absolute atomic E-state index is 0.252. The van der Waals surface area contributed by atoms with E-state index in [2.05, 4.69) is 37.6 Å². The predicted octanol–water partition coefficient (Wildman–Crippen LogP) is 4.95. The molecule has 0 aromatic carbocycles. The first-order valence-electron chi connectivity index (χ1n) is 12.0. The molecule has 156 valence electrons. The van der Waals surface area contributed by atoms with Crippen LogP contribution in [0.1, 0.15) is 85.0 Å². The molecule has 0 N–H and O–H groups in total. The topological polar surface area (TPSA) is 15.7 Å². The van der Waals surface area contributed by atoms with Gasteiger partial charge in [-0.05, 0) is 89.1 Å². The monoisotopic (exact) mass is 376 g/mol. The lowest BCUT2D eigenvalue weighted by Gasteiger charge is -2.55. The molecule has 0 aromatic rings. The lowest BCUT2D eigenvalue weighted by molar-refractivity contribution is -0.176. The fourth-order valence-electron chi connectivity index (χ4n) is 6.49. The molecule has 3 saturated heterocycles. The fraction of sp³-hybridized carbons (Fsp3) is 1.00. The van der Waals surface area contributed by atoms with Crippen molar-refractivity contribution in [1.82, 2.24) is 9.80 Å². The van der Waals surface area contributed by atoms with Crippen LogP contribution in [0.2, 0.25) is 0 Å². The van der Waals surface area contributed by atoms with Gasteiger partial charge in [0.05, 0.1) is 5.60 Å². The van der Waals surface area contributed by atoms with E-state index in [1.165, 1.54) is 70.8 Å². The molecule has 3 nitrogen and oxygen atoms in total. The Labute approximate surface area is 168 Å². The Morgan fingerprint density at radius 2 is 1.78 bits per heavy atom. The standard InChI is InChI=1S/C13H23N.C11H21NO/c1-2-11-6-9-14(12-4-5-12)13(10-11)7-3-8-13;1-9(2)10-4-5-13-11(6-10)7-12(3)8-11/h11-12H,2-10H2,1H3;9-10H,4-8H2,1-3H3. The van der Waals surface area contributed by atoms with Gasteiger partial charge in [0.2, 0.25) is 0 Å². The Balaban J connectivity index is 0.000000134. The molecule has 3 heterocycles. The molecule has 3 aliphatic heterocycles. The van der Waals surface area contributed by atoms with E-state index in [1.54, 1.807) is 0 Å². The molecular formula is C24H44N2O. The van der Waals surface area contributed by atoms with Gasteiger partial charge in [0.15, 0.2) is 0 Å². The number of rotatable bonds is 3. The van der Waals surface area contributed by atoms with Crippen LogP contribution in [0.5, 0.6) is 0 Å². The number of likely N-dealkylation sites (tertiary alicyclic amines) is 2.